The molecule has 1 aromatic heterocycles. The van der Waals surface area contributed by atoms with Gasteiger partial charge in [-0.2, -0.15) is 0 Å². The number of imidazole rings is 1. The first-order valence-electron chi connectivity index (χ1n) is 9.84. The molecular formula is C22H29FN4O2. The highest BCUT2D eigenvalue weighted by molar-refractivity contribution is 5.84. The summed E-state index contributed by atoms with van der Waals surface area (Å²) in [7, 11) is 2.06. The summed E-state index contributed by atoms with van der Waals surface area (Å²) in [4.78, 5) is 11.1. The van der Waals surface area contributed by atoms with E-state index in [2.05, 4.69) is 52.5 Å². The van der Waals surface area contributed by atoms with Crippen molar-refractivity contribution >= 4 is 11.7 Å². The van der Waals surface area contributed by atoms with E-state index in [0.29, 0.717) is 0 Å². The van der Waals surface area contributed by atoms with Crippen LogP contribution in [0.4, 0.5) is 10.1 Å². The number of hydrogen-bond donors (Lipinski definition) is 2. The Morgan fingerprint density at radius 3 is 2.66 bits per heavy atom. The fraction of sp³-hybridized carbons (Fsp3) is 0.364. The first-order chi connectivity index (χ1) is 14.0. The van der Waals surface area contributed by atoms with Gasteiger partial charge in [0.05, 0.1) is 25.2 Å². The molecule has 7 heteroatoms. The third-order valence-corrected chi connectivity index (χ3v) is 4.49. The van der Waals surface area contributed by atoms with Crippen LogP contribution in [0, 0.1) is 5.82 Å². The molecule has 0 saturated carbocycles. The number of nitrogens with zero attached hydrogens (tertiary/aromatic N) is 2. The minimum Gasteiger partial charge on any atom is -0.545 e. The van der Waals surface area contributed by atoms with Crippen molar-refractivity contribution in [1.82, 2.24) is 9.88 Å². The van der Waals surface area contributed by atoms with E-state index in [0.717, 1.165) is 0 Å². The maximum absolute atomic E-state index is 13.4. The van der Waals surface area contributed by atoms with Crippen LogP contribution in [0.5, 0.6) is 0 Å². The van der Waals surface area contributed by atoms with Crippen molar-refractivity contribution in [1.29, 1.82) is 0 Å². The molecule has 1 aliphatic heterocycles. The number of carbonyl (C=O) groups excluding carboxylic acids is 1. The minimum atomic E-state index is -1.63. The lowest BCUT2D eigenvalue weighted by atomic mass is 10.1. The van der Waals surface area contributed by atoms with E-state index >= 15 is 0 Å². The van der Waals surface area contributed by atoms with Gasteiger partial charge in [-0.3, -0.25) is 0 Å². The van der Waals surface area contributed by atoms with Gasteiger partial charge in [0.15, 0.2) is 5.66 Å². The van der Waals surface area contributed by atoms with E-state index in [1.54, 1.807) is 18.2 Å². The molecule has 1 aromatic carbocycles. The number of unbranched alkanes of at least 4 members (excludes halogenated alkanes) is 3. The lowest BCUT2D eigenvalue weighted by Crippen LogP contribution is -2.61. The number of rotatable bonds is 8. The molecule has 0 fully saturated rings. The number of hydrogen-bond acceptors (Lipinski definition) is 4. The van der Waals surface area contributed by atoms with Crippen molar-refractivity contribution < 1.29 is 18.9 Å². The van der Waals surface area contributed by atoms with Crippen LogP contribution in [0.1, 0.15) is 32.6 Å². The fourth-order valence-electron chi connectivity index (χ4n) is 2.87. The van der Waals surface area contributed by atoms with E-state index in [9.17, 15) is 14.3 Å². The van der Waals surface area contributed by atoms with Crippen LogP contribution in [-0.4, -0.2) is 16.2 Å². The van der Waals surface area contributed by atoms with E-state index in [-0.39, 0.29) is 5.69 Å². The second kappa shape index (κ2) is 11.0. The Morgan fingerprint density at radius 2 is 2.07 bits per heavy atom. The SMILES string of the molecule is CCCCCCn1cc[n+](C)c1.O=C([O-])C1(Nc2ccccc2F)C=CC=CN1. The zero-order chi connectivity index (χ0) is 21.1. The molecule has 0 aliphatic carbocycles. The number of carboxylic acid groups (broad SMARTS) is 1. The third kappa shape index (κ3) is 6.78. The Kier molecular flexibility index (Phi) is 8.45. The van der Waals surface area contributed by atoms with Crippen molar-refractivity contribution in [2.75, 3.05) is 5.32 Å². The number of aryl methyl sites for hydroxylation is 2. The number of benzene rings is 1. The second-order valence-corrected chi connectivity index (χ2v) is 6.94. The van der Waals surface area contributed by atoms with E-state index in [1.807, 2.05) is 0 Å². The van der Waals surface area contributed by atoms with Crippen LogP contribution >= 0.6 is 0 Å². The van der Waals surface area contributed by atoms with E-state index in [4.69, 9.17) is 0 Å². The van der Waals surface area contributed by atoms with Crippen LogP contribution in [0.2, 0.25) is 0 Å². The fourth-order valence-corrected chi connectivity index (χ4v) is 2.87. The molecule has 0 amide bonds. The number of para-hydroxylation sites is 1. The number of allylic oxidation sites excluding steroid dienone is 2. The van der Waals surface area contributed by atoms with Crippen LogP contribution in [0.3, 0.4) is 0 Å². The Hall–Kier alpha value is -3.09. The van der Waals surface area contributed by atoms with Crippen LogP contribution in [0.15, 0.2) is 67.4 Å². The topological polar surface area (TPSA) is 73.0 Å². The molecule has 2 aromatic rings. The Balaban J connectivity index is 0.000000221. The molecule has 0 spiro atoms. The number of aromatic nitrogens is 2. The van der Waals surface area contributed by atoms with Crippen molar-refractivity contribution in [2.45, 2.75) is 44.8 Å². The third-order valence-electron chi connectivity index (χ3n) is 4.49. The van der Waals surface area contributed by atoms with Crippen molar-refractivity contribution in [2.24, 2.45) is 7.05 Å². The number of nitrogens with one attached hydrogen (secondary N) is 2. The van der Waals surface area contributed by atoms with Gasteiger partial charge in [0.1, 0.15) is 18.2 Å². The second-order valence-electron chi connectivity index (χ2n) is 6.94. The summed E-state index contributed by atoms with van der Waals surface area (Å²) in [6, 6.07) is 5.83. The molecule has 3 rings (SSSR count). The largest absolute Gasteiger partial charge is 0.545 e. The highest BCUT2D eigenvalue weighted by Gasteiger charge is 2.29. The molecule has 0 radical (unpaired) electrons. The van der Waals surface area contributed by atoms with E-state index < -0.39 is 17.4 Å². The van der Waals surface area contributed by atoms with Crippen LogP contribution in [-0.2, 0) is 18.4 Å². The number of aliphatic carboxylic acids is 1. The normalized spacial score (nSPS) is 17.2. The summed E-state index contributed by atoms with van der Waals surface area (Å²) < 4.78 is 17.8. The molecule has 2 heterocycles. The summed E-state index contributed by atoms with van der Waals surface area (Å²) in [5, 5.41) is 16.3. The van der Waals surface area contributed by atoms with Gasteiger partial charge < -0.3 is 20.5 Å². The number of halogens is 1. The smallest absolute Gasteiger partial charge is 0.243 e. The number of anilines is 1. The van der Waals surface area contributed by atoms with Crippen LogP contribution in [0.25, 0.3) is 0 Å². The molecule has 156 valence electrons. The highest BCUT2D eigenvalue weighted by atomic mass is 19.1. The molecule has 6 nitrogen and oxygen atoms in total. The standard InChI is InChI=1S/C12H11FN2O2.C10H19N2/c13-9-5-1-2-6-10(9)15-12(11(16)17)7-3-4-8-14-12;1-3-4-5-6-7-12-9-8-11(2)10-12/h1-8,14-15H,(H,16,17);8-10H,3-7H2,1-2H3/q;+1/p-1. The molecule has 1 aliphatic rings. The Bertz CT molecular complexity index is 847. The molecule has 0 bridgehead atoms. The van der Waals surface area contributed by atoms with E-state index in [1.165, 1.54) is 62.7 Å². The summed E-state index contributed by atoms with van der Waals surface area (Å²) in [5.74, 6) is -1.92. The predicted molar refractivity (Wildman–Crippen MR) is 109 cm³/mol. The number of dihydropyridines is 1. The van der Waals surface area contributed by atoms with Gasteiger partial charge in [0.2, 0.25) is 6.33 Å². The Morgan fingerprint density at radius 1 is 1.28 bits per heavy atom. The highest BCUT2D eigenvalue weighted by Crippen LogP contribution is 2.19. The van der Waals surface area contributed by atoms with Gasteiger partial charge in [0, 0.05) is 0 Å². The Labute approximate surface area is 171 Å². The van der Waals surface area contributed by atoms with Gasteiger partial charge in [-0.25, -0.2) is 13.5 Å². The number of carboxylic acids is 1. The zero-order valence-corrected chi connectivity index (χ0v) is 17.0. The molecule has 1 atom stereocenters. The lowest BCUT2D eigenvalue weighted by Gasteiger charge is -2.35. The van der Waals surface area contributed by atoms with Gasteiger partial charge in [0.25, 0.3) is 0 Å². The molecule has 29 heavy (non-hydrogen) atoms. The molecule has 2 N–H and O–H groups in total. The number of carbonyl (C=O) groups is 1. The van der Waals surface area contributed by atoms with Gasteiger partial charge in [-0.05, 0) is 43.3 Å². The summed E-state index contributed by atoms with van der Waals surface area (Å²) in [6.07, 6.45) is 17.7. The minimum absolute atomic E-state index is 0.0872. The van der Waals surface area contributed by atoms with Gasteiger partial charge in [-0.15, -0.1) is 0 Å². The first kappa shape index (κ1) is 22.2. The maximum Gasteiger partial charge on any atom is 0.243 e. The zero-order valence-electron chi connectivity index (χ0n) is 17.0. The van der Waals surface area contributed by atoms with Gasteiger partial charge >= 0.3 is 0 Å². The quantitative estimate of drug-likeness (QED) is 0.527. The summed E-state index contributed by atoms with van der Waals surface area (Å²) >= 11 is 0. The van der Waals surface area contributed by atoms with Gasteiger partial charge in [-0.1, -0.05) is 38.0 Å². The van der Waals surface area contributed by atoms with Crippen molar-refractivity contribution in [3.63, 3.8) is 0 Å². The van der Waals surface area contributed by atoms with Crippen molar-refractivity contribution in [3.05, 3.63) is 73.2 Å². The average Bonchev–Trinajstić information content (AvgIpc) is 3.13. The maximum atomic E-state index is 13.4. The molecular weight excluding hydrogens is 371 g/mol. The first-order valence-corrected chi connectivity index (χ1v) is 9.84. The summed E-state index contributed by atoms with van der Waals surface area (Å²) in [6.45, 7) is 3.41. The predicted octanol–water partition coefficient (Wildman–Crippen LogP) is 2.25. The average molecular weight is 400 g/mol. The monoisotopic (exact) mass is 400 g/mol. The molecule has 0 saturated heterocycles. The summed E-state index contributed by atoms with van der Waals surface area (Å²) in [5.41, 5.74) is -1.54. The lowest BCUT2D eigenvalue weighted by molar-refractivity contribution is -0.671. The van der Waals surface area contributed by atoms with Crippen LogP contribution < -0.4 is 20.3 Å². The van der Waals surface area contributed by atoms with Crippen molar-refractivity contribution in [3.8, 4) is 0 Å². The molecule has 1 unspecified atom stereocenters.